The maximum Gasteiger partial charge on any atom is 0.338 e. The number of halogens is 1. The Kier molecular flexibility index (Phi) is 3.66. The number of rotatable bonds is 3. The Morgan fingerprint density at radius 2 is 2.24 bits per heavy atom. The van der Waals surface area contributed by atoms with E-state index in [4.69, 9.17) is 22.1 Å². The Morgan fingerprint density at radius 3 is 2.88 bits per heavy atom. The van der Waals surface area contributed by atoms with Crippen molar-refractivity contribution in [2.24, 2.45) is 0 Å². The van der Waals surface area contributed by atoms with Crippen molar-refractivity contribution in [2.75, 3.05) is 5.73 Å². The molecule has 0 saturated carbocycles. The summed E-state index contributed by atoms with van der Waals surface area (Å²) in [5.41, 5.74) is 7.38. The van der Waals surface area contributed by atoms with Gasteiger partial charge < -0.3 is 10.5 Å². The van der Waals surface area contributed by atoms with Gasteiger partial charge >= 0.3 is 5.97 Å². The first kappa shape index (κ1) is 12.0. The van der Waals surface area contributed by atoms with Gasteiger partial charge in [-0.15, -0.1) is 0 Å². The van der Waals surface area contributed by atoms with Gasteiger partial charge in [0.05, 0.1) is 5.56 Å². The average Bonchev–Trinajstić information content (AvgIpc) is 2.77. The smallest absolute Gasteiger partial charge is 0.338 e. The Morgan fingerprint density at radius 1 is 1.41 bits per heavy atom. The number of ether oxygens (including phenoxy) is 1. The number of nitrogens with two attached hydrogens (primary N) is 1. The molecule has 1 heterocycles. The minimum atomic E-state index is -0.426. The number of benzene rings is 1. The van der Waals surface area contributed by atoms with Crippen molar-refractivity contribution in [1.29, 1.82) is 0 Å². The zero-order chi connectivity index (χ0) is 12.3. The van der Waals surface area contributed by atoms with E-state index in [0.717, 1.165) is 5.56 Å². The molecule has 0 fully saturated rings. The minimum absolute atomic E-state index is 0.259. The molecule has 2 rings (SSSR count). The number of thiophene rings is 1. The van der Waals surface area contributed by atoms with Crippen LogP contribution in [0.5, 0.6) is 0 Å². The maximum absolute atomic E-state index is 11.7. The summed E-state index contributed by atoms with van der Waals surface area (Å²) in [5, 5.41) is 4.28. The van der Waals surface area contributed by atoms with Gasteiger partial charge in [0.2, 0.25) is 0 Å². The first-order chi connectivity index (χ1) is 8.15. The first-order valence-corrected chi connectivity index (χ1v) is 6.21. The third-order valence-electron chi connectivity index (χ3n) is 2.11. The molecule has 0 aliphatic carbocycles. The Balaban J connectivity index is 2.04. The van der Waals surface area contributed by atoms with Gasteiger partial charge in [0.15, 0.2) is 0 Å². The van der Waals surface area contributed by atoms with Crippen LogP contribution in [0, 0.1) is 0 Å². The number of nitrogen functional groups attached to an aromatic ring is 1. The van der Waals surface area contributed by atoms with Gasteiger partial charge in [-0.3, -0.25) is 0 Å². The molecular weight excluding hydrogens is 258 g/mol. The summed E-state index contributed by atoms with van der Waals surface area (Å²) in [4.78, 5) is 11.7. The third kappa shape index (κ3) is 3.22. The van der Waals surface area contributed by atoms with Crippen LogP contribution in [0.25, 0.3) is 0 Å². The molecule has 3 nitrogen and oxygen atoms in total. The molecule has 0 bridgehead atoms. The molecular formula is C12H10ClNO2S. The summed E-state index contributed by atoms with van der Waals surface area (Å²) < 4.78 is 5.14. The standard InChI is InChI=1S/C12H10ClNO2S/c13-10-3-9(4-11(14)5-10)12(15)16-6-8-1-2-17-7-8/h1-5,7H,6,14H2. The molecule has 0 atom stereocenters. The largest absolute Gasteiger partial charge is 0.457 e. The molecule has 0 radical (unpaired) electrons. The zero-order valence-electron chi connectivity index (χ0n) is 8.85. The van der Waals surface area contributed by atoms with Crippen LogP contribution >= 0.6 is 22.9 Å². The molecule has 2 aromatic rings. The van der Waals surface area contributed by atoms with Crippen LogP contribution < -0.4 is 5.73 Å². The predicted molar refractivity (Wildman–Crippen MR) is 69.3 cm³/mol. The normalized spacial score (nSPS) is 10.2. The summed E-state index contributed by atoms with van der Waals surface area (Å²) in [6, 6.07) is 6.57. The summed E-state index contributed by atoms with van der Waals surface area (Å²) in [6.45, 7) is 0.259. The molecule has 0 aliphatic rings. The van der Waals surface area contributed by atoms with E-state index in [1.807, 2.05) is 16.8 Å². The summed E-state index contributed by atoms with van der Waals surface area (Å²) in [6.07, 6.45) is 0. The highest BCUT2D eigenvalue weighted by molar-refractivity contribution is 7.07. The van der Waals surface area contributed by atoms with Crippen LogP contribution in [0.15, 0.2) is 35.0 Å². The number of anilines is 1. The van der Waals surface area contributed by atoms with Gasteiger partial charge in [-0.1, -0.05) is 11.6 Å². The second-order valence-corrected chi connectivity index (χ2v) is 4.70. The predicted octanol–water partition coefficient (Wildman–Crippen LogP) is 3.34. The molecule has 1 aromatic heterocycles. The van der Waals surface area contributed by atoms with Crippen molar-refractivity contribution >= 4 is 34.6 Å². The SMILES string of the molecule is Nc1cc(Cl)cc(C(=O)OCc2ccsc2)c1. The van der Waals surface area contributed by atoms with Crippen molar-refractivity contribution in [2.45, 2.75) is 6.61 Å². The van der Waals surface area contributed by atoms with Crippen molar-refractivity contribution < 1.29 is 9.53 Å². The van der Waals surface area contributed by atoms with Crippen molar-refractivity contribution in [1.82, 2.24) is 0 Å². The number of carbonyl (C=O) groups excluding carboxylic acids is 1. The highest BCUT2D eigenvalue weighted by Crippen LogP contribution is 2.18. The molecule has 0 unspecified atom stereocenters. The fourth-order valence-corrected chi connectivity index (χ4v) is 2.23. The lowest BCUT2D eigenvalue weighted by Crippen LogP contribution is -2.05. The monoisotopic (exact) mass is 267 g/mol. The number of hydrogen-bond donors (Lipinski definition) is 1. The van der Waals surface area contributed by atoms with Crippen molar-refractivity contribution in [3.8, 4) is 0 Å². The lowest BCUT2D eigenvalue weighted by atomic mass is 10.2. The lowest BCUT2D eigenvalue weighted by molar-refractivity contribution is 0.0473. The molecule has 88 valence electrons. The van der Waals surface area contributed by atoms with Crippen LogP contribution in [0.2, 0.25) is 5.02 Å². The van der Waals surface area contributed by atoms with Gasteiger partial charge in [0.1, 0.15) is 6.61 Å². The number of hydrogen-bond acceptors (Lipinski definition) is 4. The molecule has 17 heavy (non-hydrogen) atoms. The van der Waals surface area contributed by atoms with E-state index in [1.165, 1.54) is 6.07 Å². The second kappa shape index (κ2) is 5.21. The average molecular weight is 268 g/mol. The summed E-state index contributed by atoms with van der Waals surface area (Å²) >= 11 is 7.37. The Hall–Kier alpha value is -1.52. The lowest BCUT2D eigenvalue weighted by Gasteiger charge is -2.05. The second-order valence-electron chi connectivity index (χ2n) is 3.48. The molecule has 0 aliphatic heterocycles. The van der Waals surface area contributed by atoms with E-state index in [2.05, 4.69) is 0 Å². The van der Waals surface area contributed by atoms with E-state index in [0.29, 0.717) is 16.3 Å². The van der Waals surface area contributed by atoms with Gasteiger partial charge in [0, 0.05) is 16.3 Å². The topological polar surface area (TPSA) is 52.3 Å². The maximum atomic E-state index is 11.7. The third-order valence-corrected chi connectivity index (χ3v) is 3.06. The van der Waals surface area contributed by atoms with E-state index in [1.54, 1.807) is 23.5 Å². The molecule has 5 heteroatoms. The van der Waals surface area contributed by atoms with Crippen LogP contribution in [-0.2, 0) is 11.3 Å². The minimum Gasteiger partial charge on any atom is -0.457 e. The van der Waals surface area contributed by atoms with E-state index >= 15 is 0 Å². The Labute approximate surface area is 108 Å². The first-order valence-electron chi connectivity index (χ1n) is 4.89. The quantitative estimate of drug-likeness (QED) is 0.685. The summed E-state index contributed by atoms with van der Waals surface area (Å²) in [5.74, 6) is -0.426. The van der Waals surface area contributed by atoms with Gasteiger partial charge in [0.25, 0.3) is 0 Å². The van der Waals surface area contributed by atoms with Gasteiger partial charge in [-0.25, -0.2) is 4.79 Å². The van der Waals surface area contributed by atoms with Crippen LogP contribution in [0.4, 0.5) is 5.69 Å². The van der Waals surface area contributed by atoms with Crippen molar-refractivity contribution in [3.63, 3.8) is 0 Å². The molecule has 0 amide bonds. The van der Waals surface area contributed by atoms with Crippen LogP contribution in [-0.4, -0.2) is 5.97 Å². The van der Waals surface area contributed by atoms with Crippen LogP contribution in [0.3, 0.4) is 0 Å². The molecule has 0 saturated heterocycles. The fraction of sp³-hybridized carbons (Fsp3) is 0.0833. The van der Waals surface area contributed by atoms with E-state index in [-0.39, 0.29) is 6.61 Å². The van der Waals surface area contributed by atoms with Crippen molar-refractivity contribution in [3.05, 3.63) is 51.2 Å². The highest BCUT2D eigenvalue weighted by atomic mass is 35.5. The number of esters is 1. The van der Waals surface area contributed by atoms with Crippen LogP contribution in [0.1, 0.15) is 15.9 Å². The molecule has 0 spiro atoms. The van der Waals surface area contributed by atoms with Gasteiger partial charge in [-0.2, -0.15) is 11.3 Å². The zero-order valence-corrected chi connectivity index (χ0v) is 10.4. The summed E-state index contributed by atoms with van der Waals surface area (Å²) in [7, 11) is 0. The van der Waals surface area contributed by atoms with E-state index in [9.17, 15) is 4.79 Å². The molecule has 1 aromatic carbocycles. The highest BCUT2D eigenvalue weighted by Gasteiger charge is 2.09. The Bertz CT molecular complexity index is 505. The fourth-order valence-electron chi connectivity index (χ4n) is 1.34. The number of carbonyl (C=O) groups is 1. The molecule has 2 N–H and O–H groups in total. The van der Waals surface area contributed by atoms with E-state index < -0.39 is 5.97 Å². The van der Waals surface area contributed by atoms with Gasteiger partial charge in [-0.05, 0) is 35.0 Å².